The van der Waals surface area contributed by atoms with Crippen LogP contribution < -0.4 is 15.5 Å². The molecule has 1 aromatic rings. The number of hydrogen-bond donors (Lipinski definition) is 2. The fraction of sp³-hybridized carbons (Fsp3) is 0.625. The lowest BCUT2D eigenvalue weighted by atomic mass is 9.97. The maximum Gasteiger partial charge on any atom is 0.223 e. The van der Waals surface area contributed by atoms with Crippen molar-refractivity contribution in [1.29, 1.82) is 0 Å². The molecule has 5 nitrogen and oxygen atoms in total. The lowest BCUT2D eigenvalue weighted by molar-refractivity contribution is -0.125. The molecule has 116 valence electrons. The highest BCUT2D eigenvalue weighted by Crippen LogP contribution is 2.13. The van der Waals surface area contributed by atoms with Crippen LogP contribution >= 0.6 is 0 Å². The van der Waals surface area contributed by atoms with Gasteiger partial charge in [0, 0.05) is 31.7 Å². The Hall–Kier alpha value is -1.62. The third-order valence-electron chi connectivity index (χ3n) is 4.07. The summed E-state index contributed by atoms with van der Waals surface area (Å²) in [5, 5.41) is 6.30. The lowest BCUT2D eigenvalue weighted by Crippen LogP contribution is -2.37. The van der Waals surface area contributed by atoms with E-state index in [4.69, 9.17) is 0 Å². The quantitative estimate of drug-likeness (QED) is 0.834. The predicted octanol–water partition coefficient (Wildman–Crippen LogP) is 1.54. The Bertz CT molecular complexity index is 436. The number of pyridine rings is 1. The number of hydrogen-bond acceptors (Lipinski definition) is 4. The van der Waals surface area contributed by atoms with Crippen molar-refractivity contribution in [3.05, 3.63) is 23.9 Å². The zero-order valence-corrected chi connectivity index (χ0v) is 13.1. The van der Waals surface area contributed by atoms with Crippen LogP contribution in [-0.4, -0.2) is 37.1 Å². The summed E-state index contributed by atoms with van der Waals surface area (Å²) < 4.78 is 0. The molecule has 2 rings (SSSR count). The first-order valence-electron chi connectivity index (χ1n) is 7.92. The van der Waals surface area contributed by atoms with Crippen LogP contribution in [0.1, 0.15) is 32.3 Å². The minimum atomic E-state index is 0.161. The fourth-order valence-corrected chi connectivity index (χ4v) is 2.67. The second kappa shape index (κ2) is 7.98. The molecule has 1 aliphatic heterocycles. The van der Waals surface area contributed by atoms with Crippen LogP contribution in [0.3, 0.4) is 0 Å². The summed E-state index contributed by atoms with van der Waals surface area (Å²) in [6.45, 7) is 8.60. The highest BCUT2D eigenvalue weighted by molar-refractivity contribution is 5.78. The predicted molar refractivity (Wildman–Crippen MR) is 85.2 cm³/mol. The first-order chi connectivity index (χ1) is 10.2. The number of anilines is 1. The van der Waals surface area contributed by atoms with E-state index in [0.29, 0.717) is 6.54 Å². The molecule has 21 heavy (non-hydrogen) atoms. The van der Waals surface area contributed by atoms with E-state index in [2.05, 4.69) is 34.4 Å². The van der Waals surface area contributed by atoms with E-state index in [1.165, 1.54) is 0 Å². The van der Waals surface area contributed by atoms with Crippen molar-refractivity contribution < 1.29 is 4.79 Å². The van der Waals surface area contributed by atoms with Gasteiger partial charge in [-0.1, -0.05) is 6.07 Å². The fourth-order valence-electron chi connectivity index (χ4n) is 2.67. The summed E-state index contributed by atoms with van der Waals surface area (Å²) in [6.07, 6.45) is 3.73. The van der Waals surface area contributed by atoms with Gasteiger partial charge in [-0.3, -0.25) is 4.79 Å². The van der Waals surface area contributed by atoms with Crippen molar-refractivity contribution in [3.8, 4) is 0 Å². The number of piperidine rings is 1. The van der Waals surface area contributed by atoms with Crippen molar-refractivity contribution in [1.82, 2.24) is 15.6 Å². The Morgan fingerprint density at radius 2 is 2.05 bits per heavy atom. The number of amides is 1. The summed E-state index contributed by atoms with van der Waals surface area (Å²) in [4.78, 5) is 18.8. The molecule has 0 radical (unpaired) electrons. The van der Waals surface area contributed by atoms with E-state index in [-0.39, 0.29) is 11.8 Å². The Labute approximate surface area is 127 Å². The highest BCUT2D eigenvalue weighted by Gasteiger charge is 2.20. The summed E-state index contributed by atoms with van der Waals surface area (Å²) in [5.74, 6) is 1.33. The van der Waals surface area contributed by atoms with E-state index < -0.39 is 0 Å². The molecule has 1 aliphatic rings. The van der Waals surface area contributed by atoms with Crippen molar-refractivity contribution in [2.45, 2.75) is 33.2 Å². The molecular weight excluding hydrogens is 264 g/mol. The van der Waals surface area contributed by atoms with Crippen LogP contribution in [0.5, 0.6) is 0 Å². The van der Waals surface area contributed by atoms with Gasteiger partial charge in [-0.25, -0.2) is 4.98 Å². The first kappa shape index (κ1) is 15.8. The van der Waals surface area contributed by atoms with Gasteiger partial charge in [0.1, 0.15) is 5.82 Å². The molecule has 0 aromatic carbocycles. The van der Waals surface area contributed by atoms with E-state index in [1.54, 1.807) is 0 Å². The Morgan fingerprint density at radius 3 is 2.62 bits per heavy atom. The molecular formula is C16H26N4O. The monoisotopic (exact) mass is 290 g/mol. The minimum Gasteiger partial charge on any atom is -0.357 e. The van der Waals surface area contributed by atoms with Gasteiger partial charge in [0.15, 0.2) is 0 Å². The van der Waals surface area contributed by atoms with E-state index >= 15 is 0 Å². The van der Waals surface area contributed by atoms with E-state index in [9.17, 15) is 4.79 Å². The SMILES string of the molecule is CCN(CC)c1ccc(CNC(=O)C2CCNCC2)cn1. The Morgan fingerprint density at radius 1 is 1.33 bits per heavy atom. The molecule has 0 atom stereocenters. The third kappa shape index (κ3) is 4.43. The summed E-state index contributed by atoms with van der Waals surface area (Å²) >= 11 is 0. The van der Waals surface area contributed by atoms with Crippen LogP contribution in [0.15, 0.2) is 18.3 Å². The van der Waals surface area contributed by atoms with Gasteiger partial charge < -0.3 is 15.5 Å². The number of aromatic nitrogens is 1. The molecule has 1 aromatic heterocycles. The molecule has 5 heteroatoms. The molecule has 2 heterocycles. The minimum absolute atomic E-state index is 0.161. The van der Waals surface area contributed by atoms with Gasteiger partial charge in [-0.05, 0) is 51.4 Å². The van der Waals surface area contributed by atoms with Gasteiger partial charge >= 0.3 is 0 Å². The van der Waals surface area contributed by atoms with Gasteiger partial charge in [-0.2, -0.15) is 0 Å². The van der Waals surface area contributed by atoms with E-state index in [1.807, 2.05) is 18.3 Å². The normalized spacial score (nSPS) is 15.7. The summed E-state index contributed by atoms with van der Waals surface area (Å²) in [5.41, 5.74) is 1.05. The molecule has 1 saturated heterocycles. The van der Waals surface area contributed by atoms with Crippen LogP contribution in [0.25, 0.3) is 0 Å². The van der Waals surface area contributed by atoms with Crippen LogP contribution in [-0.2, 0) is 11.3 Å². The second-order valence-electron chi connectivity index (χ2n) is 5.44. The lowest BCUT2D eigenvalue weighted by Gasteiger charge is -2.22. The van der Waals surface area contributed by atoms with E-state index in [0.717, 1.165) is 50.4 Å². The van der Waals surface area contributed by atoms with Crippen LogP contribution in [0, 0.1) is 5.92 Å². The topological polar surface area (TPSA) is 57.3 Å². The molecule has 2 N–H and O–H groups in total. The molecule has 0 unspecified atom stereocenters. The number of rotatable bonds is 6. The van der Waals surface area contributed by atoms with Gasteiger partial charge in [0.25, 0.3) is 0 Å². The molecule has 1 amide bonds. The highest BCUT2D eigenvalue weighted by atomic mass is 16.1. The average Bonchev–Trinajstić information content (AvgIpc) is 2.55. The van der Waals surface area contributed by atoms with Crippen molar-refractivity contribution in [3.63, 3.8) is 0 Å². The second-order valence-corrected chi connectivity index (χ2v) is 5.44. The Balaban J connectivity index is 1.84. The third-order valence-corrected chi connectivity index (χ3v) is 4.07. The first-order valence-corrected chi connectivity index (χ1v) is 7.92. The summed E-state index contributed by atoms with van der Waals surface area (Å²) in [6, 6.07) is 4.07. The zero-order valence-electron chi connectivity index (χ0n) is 13.1. The van der Waals surface area contributed by atoms with Crippen LogP contribution in [0.4, 0.5) is 5.82 Å². The van der Waals surface area contributed by atoms with Crippen molar-refractivity contribution in [2.75, 3.05) is 31.1 Å². The molecule has 0 aliphatic carbocycles. The maximum absolute atomic E-state index is 12.1. The van der Waals surface area contributed by atoms with Crippen LogP contribution in [0.2, 0.25) is 0 Å². The number of carbonyl (C=O) groups is 1. The molecule has 1 fully saturated rings. The number of nitrogens with one attached hydrogen (secondary N) is 2. The van der Waals surface area contributed by atoms with Gasteiger partial charge in [-0.15, -0.1) is 0 Å². The number of carbonyl (C=O) groups excluding carboxylic acids is 1. The van der Waals surface area contributed by atoms with Crippen molar-refractivity contribution in [2.24, 2.45) is 5.92 Å². The smallest absolute Gasteiger partial charge is 0.223 e. The largest absolute Gasteiger partial charge is 0.357 e. The molecule has 0 spiro atoms. The van der Waals surface area contributed by atoms with Gasteiger partial charge in [0.2, 0.25) is 5.91 Å². The number of nitrogens with zero attached hydrogens (tertiary/aromatic N) is 2. The Kier molecular flexibility index (Phi) is 5.99. The average molecular weight is 290 g/mol. The molecule has 0 bridgehead atoms. The maximum atomic E-state index is 12.1. The van der Waals surface area contributed by atoms with Gasteiger partial charge in [0.05, 0.1) is 0 Å². The summed E-state index contributed by atoms with van der Waals surface area (Å²) in [7, 11) is 0. The molecule has 0 saturated carbocycles. The zero-order chi connectivity index (χ0) is 15.1. The standard InChI is InChI=1S/C16H26N4O/c1-3-20(4-2)15-6-5-13(11-18-15)12-19-16(21)14-7-9-17-10-8-14/h5-6,11,14,17H,3-4,7-10,12H2,1-2H3,(H,19,21). The van der Waals surface area contributed by atoms with Crippen molar-refractivity contribution >= 4 is 11.7 Å².